The first kappa shape index (κ1) is 20.6. The number of amides is 1. The van der Waals surface area contributed by atoms with Gasteiger partial charge in [-0.15, -0.1) is 24.8 Å². The fourth-order valence-corrected chi connectivity index (χ4v) is 2.04. The smallest absolute Gasteiger partial charge is 0.237 e. The molecule has 2 rings (SSSR count). The van der Waals surface area contributed by atoms with Crippen LogP contribution < -0.4 is 11.1 Å². The van der Waals surface area contributed by atoms with Gasteiger partial charge in [-0.1, -0.05) is 13.8 Å². The van der Waals surface area contributed by atoms with Crippen LogP contribution in [0.5, 0.6) is 0 Å². The number of nitrogens with one attached hydrogen (secondary N) is 2. The monoisotopic (exact) mass is 350 g/mol. The second-order valence-electron chi connectivity index (χ2n) is 5.30. The number of fused-ring (bicyclic) bond motifs is 1. The Morgan fingerprint density at radius 1 is 1.41 bits per heavy atom. The molecule has 0 aliphatic carbocycles. The minimum atomic E-state index is -0.517. The number of nitrogens with zero attached hydrogens (tertiary/aromatic N) is 1. The lowest BCUT2D eigenvalue weighted by atomic mass is 10.0. The molecule has 124 valence electrons. The Balaban J connectivity index is 0.00000220. The molecule has 0 aliphatic heterocycles. The van der Waals surface area contributed by atoms with E-state index in [1.54, 1.807) is 6.07 Å². The Bertz CT molecular complexity index is 618. The van der Waals surface area contributed by atoms with Crippen LogP contribution in [-0.2, 0) is 11.3 Å². The van der Waals surface area contributed by atoms with E-state index in [9.17, 15) is 9.18 Å². The molecule has 0 spiro atoms. The average Bonchev–Trinajstić information content (AvgIpc) is 2.76. The zero-order chi connectivity index (χ0) is 14.7. The molecule has 1 aromatic heterocycles. The number of nitrogens with two attached hydrogens (primary N) is 1. The zero-order valence-electron chi connectivity index (χ0n) is 12.4. The van der Waals surface area contributed by atoms with Crippen molar-refractivity contribution in [2.24, 2.45) is 11.7 Å². The van der Waals surface area contributed by atoms with Gasteiger partial charge < -0.3 is 16.0 Å². The lowest BCUT2D eigenvalue weighted by Gasteiger charge is -2.13. The van der Waals surface area contributed by atoms with Gasteiger partial charge in [-0.25, -0.2) is 9.37 Å². The van der Waals surface area contributed by atoms with E-state index in [4.69, 9.17) is 5.73 Å². The van der Waals surface area contributed by atoms with Crippen LogP contribution in [0.1, 0.15) is 26.1 Å². The summed E-state index contributed by atoms with van der Waals surface area (Å²) in [6.07, 6.45) is 0.636. The van der Waals surface area contributed by atoms with Crippen molar-refractivity contribution in [3.63, 3.8) is 0 Å². The Labute approximate surface area is 141 Å². The second kappa shape index (κ2) is 8.92. The Hall–Kier alpha value is -1.37. The van der Waals surface area contributed by atoms with Crippen molar-refractivity contribution in [3.05, 3.63) is 29.8 Å². The van der Waals surface area contributed by atoms with Crippen LogP contribution in [0, 0.1) is 11.7 Å². The molecule has 22 heavy (non-hydrogen) atoms. The highest BCUT2D eigenvalue weighted by atomic mass is 35.5. The highest BCUT2D eigenvalue weighted by Gasteiger charge is 2.15. The molecule has 1 atom stereocenters. The van der Waals surface area contributed by atoms with E-state index in [-0.39, 0.29) is 43.1 Å². The van der Waals surface area contributed by atoms with E-state index in [1.807, 2.05) is 13.8 Å². The van der Waals surface area contributed by atoms with Gasteiger partial charge in [-0.05, 0) is 30.5 Å². The number of hydrogen-bond acceptors (Lipinski definition) is 3. The highest BCUT2D eigenvalue weighted by Crippen LogP contribution is 2.12. The Kier molecular flexibility index (Phi) is 8.37. The summed E-state index contributed by atoms with van der Waals surface area (Å²) in [5.41, 5.74) is 7.07. The number of hydrogen-bond donors (Lipinski definition) is 3. The molecule has 0 aliphatic rings. The van der Waals surface area contributed by atoms with Crippen LogP contribution >= 0.6 is 24.8 Å². The molecule has 0 fully saturated rings. The van der Waals surface area contributed by atoms with Crippen LogP contribution in [0.2, 0.25) is 0 Å². The summed E-state index contributed by atoms with van der Waals surface area (Å²) >= 11 is 0. The van der Waals surface area contributed by atoms with E-state index in [0.29, 0.717) is 29.2 Å². The van der Waals surface area contributed by atoms with E-state index in [1.165, 1.54) is 12.1 Å². The average molecular weight is 351 g/mol. The number of H-pyrrole nitrogens is 1. The summed E-state index contributed by atoms with van der Waals surface area (Å²) in [4.78, 5) is 19.0. The Morgan fingerprint density at radius 3 is 2.73 bits per heavy atom. The van der Waals surface area contributed by atoms with Crippen molar-refractivity contribution in [3.8, 4) is 0 Å². The molecular weight excluding hydrogens is 330 g/mol. The first-order valence-electron chi connectivity index (χ1n) is 6.63. The predicted molar refractivity (Wildman–Crippen MR) is 89.8 cm³/mol. The van der Waals surface area contributed by atoms with Crippen molar-refractivity contribution in [2.75, 3.05) is 0 Å². The quantitative estimate of drug-likeness (QED) is 0.774. The van der Waals surface area contributed by atoms with Crippen molar-refractivity contribution in [1.29, 1.82) is 0 Å². The van der Waals surface area contributed by atoms with Crippen molar-refractivity contribution in [2.45, 2.75) is 32.9 Å². The van der Waals surface area contributed by atoms with Crippen LogP contribution in [0.4, 0.5) is 4.39 Å². The lowest BCUT2D eigenvalue weighted by Crippen LogP contribution is -2.41. The van der Waals surface area contributed by atoms with Crippen molar-refractivity contribution >= 4 is 41.8 Å². The number of rotatable bonds is 5. The van der Waals surface area contributed by atoms with Gasteiger partial charge in [0.15, 0.2) is 0 Å². The number of halogens is 3. The SMILES string of the molecule is CC(C)C[C@H](N)C(=O)NCc1nc2ccc(F)cc2[nH]1.Cl.Cl. The first-order chi connectivity index (χ1) is 9.45. The summed E-state index contributed by atoms with van der Waals surface area (Å²) in [6.45, 7) is 4.28. The molecule has 5 nitrogen and oxygen atoms in total. The summed E-state index contributed by atoms with van der Waals surface area (Å²) in [5.74, 6) is 0.418. The maximum absolute atomic E-state index is 13.1. The predicted octanol–water partition coefficient (Wildman–Crippen LogP) is 2.54. The molecule has 0 radical (unpaired) electrons. The number of carbonyl (C=O) groups excluding carboxylic acids is 1. The van der Waals surface area contributed by atoms with Crippen LogP contribution in [0.15, 0.2) is 18.2 Å². The van der Waals surface area contributed by atoms with E-state index in [2.05, 4.69) is 15.3 Å². The second-order valence-corrected chi connectivity index (χ2v) is 5.30. The molecular formula is C14H21Cl2FN4O. The first-order valence-corrected chi connectivity index (χ1v) is 6.63. The third-order valence-electron chi connectivity index (χ3n) is 2.99. The third kappa shape index (κ3) is 5.44. The van der Waals surface area contributed by atoms with Crippen LogP contribution in [0.25, 0.3) is 11.0 Å². The number of benzene rings is 1. The summed E-state index contributed by atoms with van der Waals surface area (Å²) in [6, 6.07) is 3.80. The fraction of sp³-hybridized carbons (Fsp3) is 0.429. The van der Waals surface area contributed by atoms with Crippen LogP contribution in [0.3, 0.4) is 0 Å². The van der Waals surface area contributed by atoms with E-state index in [0.717, 1.165) is 0 Å². The normalized spacial score (nSPS) is 11.7. The topological polar surface area (TPSA) is 83.8 Å². The minimum absolute atomic E-state index is 0. The number of aromatic amines is 1. The lowest BCUT2D eigenvalue weighted by molar-refractivity contribution is -0.122. The van der Waals surface area contributed by atoms with Crippen LogP contribution in [-0.4, -0.2) is 21.9 Å². The fourth-order valence-electron chi connectivity index (χ4n) is 2.04. The van der Waals surface area contributed by atoms with Crippen molar-refractivity contribution < 1.29 is 9.18 Å². The van der Waals surface area contributed by atoms with Gasteiger partial charge in [0.05, 0.1) is 23.6 Å². The molecule has 4 N–H and O–H groups in total. The van der Waals surface area contributed by atoms with Gasteiger partial charge in [0.2, 0.25) is 5.91 Å². The molecule has 0 saturated heterocycles. The minimum Gasteiger partial charge on any atom is -0.348 e. The molecule has 1 amide bonds. The molecule has 8 heteroatoms. The van der Waals surface area contributed by atoms with Gasteiger partial charge in [-0.3, -0.25) is 4.79 Å². The maximum atomic E-state index is 13.1. The molecule has 0 saturated carbocycles. The van der Waals surface area contributed by atoms with Crippen molar-refractivity contribution in [1.82, 2.24) is 15.3 Å². The van der Waals surface area contributed by atoms with Gasteiger partial charge in [0, 0.05) is 0 Å². The van der Waals surface area contributed by atoms with E-state index < -0.39 is 6.04 Å². The number of carbonyl (C=O) groups is 1. The highest BCUT2D eigenvalue weighted by molar-refractivity contribution is 5.85. The Morgan fingerprint density at radius 2 is 2.09 bits per heavy atom. The van der Waals surface area contributed by atoms with Gasteiger partial charge in [-0.2, -0.15) is 0 Å². The van der Waals surface area contributed by atoms with Gasteiger partial charge >= 0.3 is 0 Å². The molecule has 1 heterocycles. The van der Waals surface area contributed by atoms with Gasteiger partial charge in [0.1, 0.15) is 11.6 Å². The summed E-state index contributed by atoms with van der Waals surface area (Å²) < 4.78 is 13.1. The summed E-state index contributed by atoms with van der Waals surface area (Å²) in [5, 5.41) is 2.73. The molecule has 1 aromatic carbocycles. The van der Waals surface area contributed by atoms with E-state index >= 15 is 0 Å². The van der Waals surface area contributed by atoms with Gasteiger partial charge in [0.25, 0.3) is 0 Å². The number of imidazole rings is 1. The third-order valence-corrected chi connectivity index (χ3v) is 2.99. The molecule has 2 aromatic rings. The largest absolute Gasteiger partial charge is 0.348 e. The zero-order valence-corrected chi connectivity index (χ0v) is 14.1. The molecule has 0 unspecified atom stereocenters. The standard InChI is InChI=1S/C14H19FN4O.2ClH/c1-8(2)5-10(16)14(20)17-7-13-18-11-4-3-9(15)6-12(11)19-13;;/h3-4,6,8,10H,5,7,16H2,1-2H3,(H,17,20)(H,18,19);2*1H/t10-;;/m0../s1. The number of aromatic nitrogens is 2. The maximum Gasteiger partial charge on any atom is 0.237 e. The molecule has 0 bridgehead atoms. The summed E-state index contributed by atoms with van der Waals surface area (Å²) in [7, 11) is 0.